The van der Waals surface area contributed by atoms with Gasteiger partial charge in [-0.25, -0.2) is 9.78 Å². The fourth-order valence-electron chi connectivity index (χ4n) is 4.01. The number of aromatic nitrogens is 1. The Kier molecular flexibility index (Phi) is 5.04. The van der Waals surface area contributed by atoms with Gasteiger partial charge in [-0.1, -0.05) is 30.3 Å². The SMILES string of the molecule is O=C(Nc1cccnc1N1CCCC1)N1CCC(c2ccccc2)CC1. The van der Waals surface area contributed by atoms with E-state index < -0.39 is 0 Å². The summed E-state index contributed by atoms with van der Waals surface area (Å²) in [5, 5.41) is 3.09. The number of amides is 2. The maximum absolute atomic E-state index is 12.7. The molecule has 5 heteroatoms. The summed E-state index contributed by atoms with van der Waals surface area (Å²) >= 11 is 0. The molecule has 26 heavy (non-hydrogen) atoms. The van der Waals surface area contributed by atoms with Gasteiger partial charge in [-0.3, -0.25) is 0 Å². The van der Waals surface area contributed by atoms with Gasteiger partial charge in [0.2, 0.25) is 0 Å². The molecule has 2 saturated heterocycles. The number of benzene rings is 1. The number of hydrogen-bond acceptors (Lipinski definition) is 3. The van der Waals surface area contributed by atoms with E-state index in [1.165, 1.54) is 18.4 Å². The molecular weight excluding hydrogens is 324 g/mol. The van der Waals surface area contributed by atoms with E-state index in [-0.39, 0.29) is 6.03 Å². The molecule has 0 atom stereocenters. The highest BCUT2D eigenvalue weighted by Crippen LogP contribution is 2.29. The fourth-order valence-corrected chi connectivity index (χ4v) is 4.01. The molecule has 3 heterocycles. The quantitative estimate of drug-likeness (QED) is 0.907. The summed E-state index contributed by atoms with van der Waals surface area (Å²) < 4.78 is 0. The molecule has 0 bridgehead atoms. The Balaban J connectivity index is 1.38. The zero-order valence-corrected chi connectivity index (χ0v) is 15.1. The number of piperidine rings is 1. The number of anilines is 2. The number of urea groups is 1. The Hall–Kier alpha value is -2.56. The second kappa shape index (κ2) is 7.77. The van der Waals surface area contributed by atoms with E-state index in [0.29, 0.717) is 5.92 Å². The number of carbonyl (C=O) groups excluding carboxylic acids is 1. The Morgan fingerprint density at radius 1 is 0.962 bits per heavy atom. The third-order valence-corrected chi connectivity index (χ3v) is 5.49. The van der Waals surface area contributed by atoms with Crippen LogP contribution >= 0.6 is 0 Å². The second-order valence-corrected chi connectivity index (χ2v) is 7.17. The Morgan fingerprint density at radius 3 is 2.42 bits per heavy atom. The van der Waals surface area contributed by atoms with Crippen LogP contribution in [0.4, 0.5) is 16.3 Å². The van der Waals surface area contributed by atoms with Crippen LogP contribution in [0, 0.1) is 0 Å². The zero-order valence-electron chi connectivity index (χ0n) is 15.1. The minimum absolute atomic E-state index is 0.00930. The minimum atomic E-state index is -0.00930. The van der Waals surface area contributed by atoms with Crippen LogP contribution in [0.25, 0.3) is 0 Å². The number of nitrogens with zero attached hydrogens (tertiary/aromatic N) is 3. The number of nitrogens with one attached hydrogen (secondary N) is 1. The first kappa shape index (κ1) is 16.9. The number of likely N-dealkylation sites (tertiary alicyclic amines) is 1. The molecule has 0 aliphatic carbocycles. The van der Waals surface area contributed by atoms with Crippen LogP contribution in [0.5, 0.6) is 0 Å². The van der Waals surface area contributed by atoms with E-state index in [4.69, 9.17) is 0 Å². The number of rotatable bonds is 3. The molecule has 2 fully saturated rings. The van der Waals surface area contributed by atoms with Gasteiger partial charge in [-0.2, -0.15) is 0 Å². The summed E-state index contributed by atoms with van der Waals surface area (Å²) in [4.78, 5) is 21.4. The molecule has 1 aromatic carbocycles. The summed E-state index contributed by atoms with van der Waals surface area (Å²) in [5.41, 5.74) is 2.21. The van der Waals surface area contributed by atoms with Crippen LogP contribution in [0.2, 0.25) is 0 Å². The topological polar surface area (TPSA) is 48.5 Å². The molecular formula is C21H26N4O. The molecule has 0 spiro atoms. The van der Waals surface area contributed by atoms with Gasteiger partial charge >= 0.3 is 6.03 Å². The minimum Gasteiger partial charge on any atom is -0.355 e. The lowest BCUT2D eigenvalue weighted by molar-refractivity contribution is 0.194. The Bertz CT molecular complexity index is 735. The third kappa shape index (κ3) is 3.66. The average Bonchev–Trinajstić information content (AvgIpc) is 3.24. The van der Waals surface area contributed by atoms with E-state index in [2.05, 4.69) is 45.5 Å². The highest BCUT2D eigenvalue weighted by molar-refractivity contribution is 5.92. The molecule has 2 amide bonds. The van der Waals surface area contributed by atoms with Crippen molar-refractivity contribution in [3.63, 3.8) is 0 Å². The predicted molar refractivity (Wildman–Crippen MR) is 105 cm³/mol. The molecule has 0 saturated carbocycles. The lowest BCUT2D eigenvalue weighted by Gasteiger charge is -2.32. The summed E-state index contributed by atoms with van der Waals surface area (Å²) in [5.74, 6) is 1.45. The summed E-state index contributed by atoms with van der Waals surface area (Å²) in [6.07, 6.45) is 6.22. The van der Waals surface area contributed by atoms with Crippen LogP contribution in [-0.2, 0) is 0 Å². The molecule has 4 rings (SSSR count). The van der Waals surface area contributed by atoms with Crippen molar-refractivity contribution < 1.29 is 4.79 Å². The summed E-state index contributed by atoms with van der Waals surface area (Å²) in [6.45, 7) is 3.63. The van der Waals surface area contributed by atoms with Gasteiger partial charge in [0.25, 0.3) is 0 Å². The zero-order chi connectivity index (χ0) is 17.8. The third-order valence-electron chi connectivity index (χ3n) is 5.49. The van der Waals surface area contributed by atoms with Crippen molar-refractivity contribution >= 4 is 17.5 Å². The Labute approximate surface area is 155 Å². The highest BCUT2D eigenvalue weighted by atomic mass is 16.2. The average molecular weight is 350 g/mol. The standard InChI is InChI=1S/C21H26N4O/c26-21(23-19-9-6-12-22-20(19)24-13-4-5-14-24)25-15-10-18(11-16-25)17-7-2-1-3-8-17/h1-3,6-9,12,18H,4-5,10-11,13-16H2,(H,23,26). The number of carbonyl (C=O) groups is 1. The van der Waals surface area contributed by atoms with Gasteiger partial charge in [-0.15, -0.1) is 0 Å². The molecule has 136 valence electrons. The van der Waals surface area contributed by atoms with Crippen molar-refractivity contribution in [2.45, 2.75) is 31.6 Å². The Morgan fingerprint density at radius 2 is 1.69 bits per heavy atom. The molecule has 1 aromatic heterocycles. The molecule has 0 radical (unpaired) electrons. The monoisotopic (exact) mass is 350 g/mol. The van der Waals surface area contributed by atoms with Crippen LogP contribution in [0.3, 0.4) is 0 Å². The molecule has 2 aromatic rings. The molecule has 1 N–H and O–H groups in total. The first-order valence-electron chi connectivity index (χ1n) is 9.62. The van der Waals surface area contributed by atoms with Crippen molar-refractivity contribution in [1.29, 1.82) is 0 Å². The van der Waals surface area contributed by atoms with Crippen molar-refractivity contribution in [3.8, 4) is 0 Å². The normalized spacial score (nSPS) is 18.2. The lowest BCUT2D eigenvalue weighted by Crippen LogP contribution is -2.40. The van der Waals surface area contributed by atoms with Crippen molar-refractivity contribution in [3.05, 3.63) is 54.2 Å². The molecule has 5 nitrogen and oxygen atoms in total. The van der Waals surface area contributed by atoms with Crippen LogP contribution < -0.4 is 10.2 Å². The van der Waals surface area contributed by atoms with Gasteiger partial charge in [0.05, 0.1) is 5.69 Å². The van der Waals surface area contributed by atoms with Crippen LogP contribution in [0.15, 0.2) is 48.7 Å². The van der Waals surface area contributed by atoms with Crippen molar-refractivity contribution in [2.24, 2.45) is 0 Å². The maximum Gasteiger partial charge on any atom is 0.321 e. The van der Waals surface area contributed by atoms with Crippen molar-refractivity contribution in [1.82, 2.24) is 9.88 Å². The first-order chi connectivity index (χ1) is 12.8. The largest absolute Gasteiger partial charge is 0.355 e. The maximum atomic E-state index is 12.7. The number of hydrogen-bond donors (Lipinski definition) is 1. The highest BCUT2D eigenvalue weighted by Gasteiger charge is 2.25. The van der Waals surface area contributed by atoms with Gasteiger partial charge < -0.3 is 15.1 Å². The lowest BCUT2D eigenvalue weighted by atomic mass is 9.90. The van der Waals surface area contributed by atoms with Crippen molar-refractivity contribution in [2.75, 3.05) is 36.4 Å². The smallest absolute Gasteiger partial charge is 0.321 e. The molecule has 2 aliphatic rings. The van der Waals surface area contributed by atoms with Gasteiger partial charge in [0, 0.05) is 32.4 Å². The van der Waals surface area contributed by atoms with Gasteiger partial charge in [0.15, 0.2) is 5.82 Å². The van der Waals surface area contributed by atoms with E-state index >= 15 is 0 Å². The summed E-state index contributed by atoms with van der Waals surface area (Å²) in [6, 6.07) is 14.5. The first-order valence-corrected chi connectivity index (χ1v) is 9.62. The van der Waals surface area contributed by atoms with E-state index in [1.54, 1.807) is 6.20 Å². The van der Waals surface area contributed by atoms with Crippen LogP contribution in [-0.4, -0.2) is 42.1 Å². The molecule has 0 unspecified atom stereocenters. The number of pyridine rings is 1. The van der Waals surface area contributed by atoms with E-state index in [1.807, 2.05) is 17.0 Å². The summed E-state index contributed by atoms with van der Waals surface area (Å²) in [7, 11) is 0. The molecule has 2 aliphatic heterocycles. The predicted octanol–water partition coefficient (Wildman–Crippen LogP) is 4.09. The van der Waals surface area contributed by atoms with Gasteiger partial charge in [-0.05, 0) is 49.3 Å². The van der Waals surface area contributed by atoms with Gasteiger partial charge in [0.1, 0.15) is 0 Å². The van der Waals surface area contributed by atoms with E-state index in [9.17, 15) is 4.79 Å². The fraction of sp³-hybridized carbons (Fsp3) is 0.429. The second-order valence-electron chi connectivity index (χ2n) is 7.17. The van der Waals surface area contributed by atoms with Crippen LogP contribution in [0.1, 0.15) is 37.2 Å². The van der Waals surface area contributed by atoms with E-state index in [0.717, 1.165) is 50.5 Å².